The Balaban J connectivity index is 2.12. The fourth-order valence-corrected chi connectivity index (χ4v) is 2.03. The normalized spacial score (nSPS) is 13.9. The number of benzene rings is 1. The maximum Gasteiger partial charge on any atom is 0.231 e. The van der Waals surface area contributed by atoms with E-state index in [-0.39, 0.29) is 6.79 Å². The molecule has 0 aliphatic carbocycles. The molecule has 0 amide bonds. The Hall–Kier alpha value is -2.08. The van der Waals surface area contributed by atoms with Gasteiger partial charge in [0.05, 0.1) is 11.2 Å². The quantitative estimate of drug-likeness (QED) is 0.885. The van der Waals surface area contributed by atoms with Crippen LogP contribution in [0.25, 0.3) is 5.69 Å². The zero-order valence-electron chi connectivity index (χ0n) is 11.2. The number of fused-ring (bicyclic) bond motifs is 1. The van der Waals surface area contributed by atoms with E-state index in [0.717, 1.165) is 11.4 Å². The predicted molar refractivity (Wildman–Crippen MR) is 69.4 cm³/mol. The van der Waals surface area contributed by atoms with Crippen LogP contribution in [0.2, 0.25) is 0 Å². The van der Waals surface area contributed by atoms with Crippen molar-refractivity contribution in [1.29, 1.82) is 0 Å². The van der Waals surface area contributed by atoms with Crippen molar-refractivity contribution >= 4 is 0 Å². The highest BCUT2D eigenvalue weighted by molar-refractivity contribution is 5.50. The zero-order chi connectivity index (χ0) is 13.6. The molecule has 2 N–H and O–H groups in total. The molecule has 6 heteroatoms. The van der Waals surface area contributed by atoms with Gasteiger partial charge in [0.2, 0.25) is 6.79 Å². The van der Waals surface area contributed by atoms with Gasteiger partial charge in [-0.05, 0) is 32.9 Å². The lowest BCUT2D eigenvalue weighted by molar-refractivity contribution is 0.174. The molecule has 1 aromatic heterocycles. The number of aromatic nitrogens is 3. The minimum atomic E-state index is -0.572. The second-order valence-corrected chi connectivity index (χ2v) is 5.15. The maximum absolute atomic E-state index is 6.14. The molecule has 0 bridgehead atoms. The Morgan fingerprint density at radius 1 is 1.26 bits per heavy atom. The van der Waals surface area contributed by atoms with Gasteiger partial charge in [-0.15, -0.1) is 0 Å². The second-order valence-electron chi connectivity index (χ2n) is 5.15. The number of rotatable bonds is 2. The van der Waals surface area contributed by atoms with E-state index in [9.17, 15) is 0 Å². The fourth-order valence-electron chi connectivity index (χ4n) is 2.03. The number of ether oxygens (including phenoxy) is 2. The van der Waals surface area contributed by atoms with Gasteiger partial charge in [-0.2, -0.15) is 5.10 Å². The SMILES string of the molecule is Cc1nc(C(C)(C)N)n(-c2ccc3c(c2)OCO3)n1. The molecule has 3 rings (SSSR count). The van der Waals surface area contributed by atoms with Crippen LogP contribution in [0.5, 0.6) is 11.5 Å². The van der Waals surface area contributed by atoms with Crippen LogP contribution in [-0.4, -0.2) is 21.6 Å². The lowest BCUT2D eigenvalue weighted by Crippen LogP contribution is -2.32. The van der Waals surface area contributed by atoms with E-state index in [1.165, 1.54) is 0 Å². The number of hydrogen-bond donors (Lipinski definition) is 1. The van der Waals surface area contributed by atoms with Crippen LogP contribution in [0.4, 0.5) is 0 Å². The molecule has 2 heterocycles. The van der Waals surface area contributed by atoms with Crippen molar-refractivity contribution in [3.63, 3.8) is 0 Å². The Morgan fingerprint density at radius 3 is 2.74 bits per heavy atom. The van der Waals surface area contributed by atoms with Crippen LogP contribution in [0.1, 0.15) is 25.5 Å². The summed E-state index contributed by atoms with van der Waals surface area (Å²) in [5, 5.41) is 4.40. The highest BCUT2D eigenvalue weighted by Gasteiger charge is 2.24. The van der Waals surface area contributed by atoms with E-state index in [1.807, 2.05) is 39.0 Å². The number of aryl methyl sites for hydroxylation is 1. The fraction of sp³-hybridized carbons (Fsp3) is 0.385. The van der Waals surface area contributed by atoms with Gasteiger partial charge in [0.15, 0.2) is 17.3 Å². The van der Waals surface area contributed by atoms with Crippen molar-refractivity contribution in [2.75, 3.05) is 6.79 Å². The topological polar surface area (TPSA) is 75.2 Å². The van der Waals surface area contributed by atoms with Gasteiger partial charge in [-0.1, -0.05) is 0 Å². The summed E-state index contributed by atoms with van der Waals surface area (Å²) >= 11 is 0. The van der Waals surface area contributed by atoms with Crippen LogP contribution in [-0.2, 0) is 5.54 Å². The van der Waals surface area contributed by atoms with Gasteiger partial charge in [-0.3, -0.25) is 0 Å². The lowest BCUT2D eigenvalue weighted by atomic mass is 10.1. The molecule has 1 aliphatic rings. The Bertz CT molecular complexity index is 628. The molecular weight excluding hydrogens is 244 g/mol. The lowest BCUT2D eigenvalue weighted by Gasteiger charge is -2.18. The first kappa shape index (κ1) is 12.0. The van der Waals surface area contributed by atoms with E-state index in [1.54, 1.807) is 4.68 Å². The Kier molecular flexibility index (Phi) is 2.50. The van der Waals surface area contributed by atoms with Crippen LogP contribution in [0.15, 0.2) is 18.2 Å². The first-order valence-corrected chi connectivity index (χ1v) is 6.08. The molecule has 0 unspecified atom stereocenters. The molecule has 0 saturated heterocycles. The number of nitrogens with two attached hydrogens (primary N) is 1. The minimum absolute atomic E-state index is 0.254. The summed E-state index contributed by atoms with van der Waals surface area (Å²) in [4.78, 5) is 4.41. The molecule has 6 nitrogen and oxygen atoms in total. The average molecular weight is 260 g/mol. The standard InChI is InChI=1S/C13H16N4O2/c1-8-15-12(13(2,3)14)17(16-8)9-4-5-10-11(6-9)19-7-18-10/h4-6H,7,14H2,1-3H3. The molecule has 0 atom stereocenters. The molecule has 0 saturated carbocycles. The van der Waals surface area contributed by atoms with Crippen molar-refractivity contribution in [3.05, 3.63) is 29.8 Å². The van der Waals surface area contributed by atoms with Gasteiger partial charge < -0.3 is 15.2 Å². The Morgan fingerprint density at radius 2 is 2.00 bits per heavy atom. The van der Waals surface area contributed by atoms with Gasteiger partial charge in [0.25, 0.3) is 0 Å². The summed E-state index contributed by atoms with van der Waals surface area (Å²) in [7, 11) is 0. The average Bonchev–Trinajstić information content (AvgIpc) is 2.92. The first-order valence-electron chi connectivity index (χ1n) is 6.08. The largest absolute Gasteiger partial charge is 0.454 e. The highest BCUT2D eigenvalue weighted by atomic mass is 16.7. The predicted octanol–water partition coefficient (Wildman–Crippen LogP) is 1.50. The summed E-state index contributed by atoms with van der Waals surface area (Å²) in [5.74, 6) is 2.86. The van der Waals surface area contributed by atoms with Crippen molar-refractivity contribution in [2.24, 2.45) is 5.73 Å². The van der Waals surface area contributed by atoms with Gasteiger partial charge in [0.1, 0.15) is 5.82 Å². The molecule has 1 aromatic carbocycles. The molecule has 0 fully saturated rings. The molecule has 100 valence electrons. The van der Waals surface area contributed by atoms with E-state index in [4.69, 9.17) is 15.2 Å². The molecule has 1 aliphatic heterocycles. The first-order chi connectivity index (χ1) is 8.95. The summed E-state index contributed by atoms with van der Waals surface area (Å²) < 4.78 is 12.4. The smallest absolute Gasteiger partial charge is 0.231 e. The van der Waals surface area contributed by atoms with Crippen molar-refractivity contribution in [1.82, 2.24) is 14.8 Å². The van der Waals surface area contributed by atoms with Crippen LogP contribution in [0, 0.1) is 6.92 Å². The summed E-state index contributed by atoms with van der Waals surface area (Å²) in [6.07, 6.45) is 0. The minimum Gasteiger partial charge on any atom is -0.454 e. The summed E-state index contributed by atoms with van der Waals surface area (Å²) in [5.41, 5.74) is 6.43. The van der Waals surface area contributed by atoms with Crippen molar-refractivity contribution in [2.45, 2.75) is 26.3 Å². The maximum atomic E-state index is 6.14. The van der Waals surface area contributed by atoms with E-state index in [2.05, 4.69) is 10.1 Å². The van der Waals surface area contributed by atoms with Crippen LogP contribution >= 0.6 is 0 Å². The monoisotopic (exact) mass is 260 g/mol. The summed E-state index contributed by atoms with van der Waals surface area (Å²) in [6, 6.07) is 5.66. The number of hydrogen-bond acceptors (Lipinski definition) is 5. The van der Waals surface area contributed by atoms with E-state index in [0.29, 0.717) is 17.4 Å². The van der Waals surface area contributed by atoms with Crippen molar-refractivity contribution < 1.29 is 9.47 Å². The van der Waals surface area contributed by atoms with Gasteiger partial charge in [0, 0.05) is 6.07 Å². The van der Waals surface area contributed by atoms with Crippen LogP contribution in [0.3, 0.4) is 0 Å². The molecular formula is C13H16N4O2. The number of nitrogens with zero attached hydrogens (tertiary/aromatic N) is 3. The van der Waals surface area contributed by atoms with Gasteiger partial charge in [-0.25, -0.2) is 9.67 Å². The molecule has 2 aromatic rings. The van der Waals surface area contributed by atoms with Gasteiger partial charge >= 0.3 is 0 Å². The van der Waals surface area contributed by atoms with Crippen molar-refractivity contribution in [3.8, 4) is 17.2 Å². The van der Waals surface area contributed by atoms with Crippen LogP contribution < -0.4 is 15.2 Å². The molecule has 0 spiro atoms. The molecule has 19 heavy (non-hydrogen) atoms. The third kappa shape index (κ3) is 2.04. The van der Waals surface area contributed by atoms with E-state index >= 15 is 0 Å². The summed E-state index contributed by atoms with van der Waals surface area (Å²) in [6.45, 7) is 5.91. The third-order valence-electron chi connectivity index (χ3n) is 2.89. The van der Waals surface area contributed by atoms with E-state index < -0.39 is 5.54 Å². The highest BCUT2D eigenvalue weighted by Crippen LogP contribution is 2.34. The molecule has 0 radical (unpaired) electrons. The Labute approximate surface area is 111 Å². The second kappa shape index (κ2) is 3.96. The zero-order valence-corrected chi connectivity index (χ0v) is 11.2. The third-order valence-corrected chi connectivity index (χ3v) is 2.89.